The predicted molar refractivity (Wildman–Crippen MR) is 72.0 cm³/mol. The van der Waals surface area contributed by atoms with Crippen molar-refractivity contribution < 1.29 is 14.3 Å². The molecule has 18 heavy (non-hydrogen) atoms. The lowest BCUT2D eigenvalue weighted by Gasteiger charge is -2.08. The molecule has 1 fully saturated rings. The summed E-state index contributed by atoms with van der Waals surface area (Å²) in [7, 11) is 0. The molecule has 0 saturated carbocycles. The minimum absolute atomic E-state index is 0.271. The molecule has 0 bridgehead atoms. The molecule has 0 aliphatic carbocycles. The van der Waals surface area contributed by atoms with Crippen LogP contribution in [0.4, 0.5) is 5.69 Å². The van der Waals surface area contributed by atoms with Crippen LogP contribution in [0.1, 0.15) is 40.2 Å². The molecule has 5 heteroatoms. The van der Waals surface area contributed by atoms with Gasteiger partial charge in [0.05, 0.1) is 12.7 Å². The van der Waals surface area contributed by atoms with Crippen LogP contribution in [0.25, 0.3) is 0 Å². The molecule has 1 unspecified atom stereocenters. The van der Waals surface area contributed by atoms with Crippen molar-refractivity contribution in [1.82, 2.24) is 0 Å². The van der Waals surface area contributed by atoms with Gasteiger partial charge in [-0.1, -0.05) is 0 Å². The highest BCUT2D eigenvalue weighted by atomic mass is 32.1. The zero-order chi connectivity index (χ0) is 13.0. The zero-order valence-electron chi connectivity index (χ0n) is 10.6. The van der Waals surface area contributed by atoms with Gasteiger partial charge in [0.25, 0.3) is 0 Å². The second kappa shape index (κ2) is 6.20. The van der Waals surface area contributed by atoms with Gasteiger partial charge < -0.3 is 15.2 Å². The highest BCUT2D eigenvalue weighted by Gasteiger charge is 2.16. The van der Waals surface area contributed by atoms with Crippen molar-refractivity contribution in [3.8, 4) is 0 Å². The van der Waals surface area contributed by atoms with Crippen LogP contribution < -0.4 is 5.73 Å². The van der Waals surface area contributed by atoms with Crippen LogP contribution in [0.15, 0.2) is 6.07 Å². The summed E-state index contributed by atoms with van der Waals surface area (Å²) >= 11 is 1.38. The van der Waals surface area contributed by atoms with Crippen molar-refractivity contribution >= 4 is 23.0 Å². The van der Waals surface area contributed by atoms with E-state index in [0.717, 1.165) is 37.2 Å². The Bertz CT molecular complexity index is 391. The van der Waals surface area contributed by atoms with Gasteiger partial charge in [-0.25, -0.2) is 4.79 Å². The lowest BCUT2D eigenvalue weighted by atomic mass is 10.1. The van der Waals surface area contributed by atoms with Crippen molar-refractivity contribution in [2.45, 2.75) is 38.7 Å². The summed E-state index contributed by atoms with van der Waals surface area (Å²) in [6, 6.07) is 1.68. The van der Waals surface area contributed by atoms with Gasteiger partial charge in [0.1, 0.15) is 4.88 Å². The molecule has 100 valence electrons. The van der Waals surface area contributed by atoms with Gasteiger partial charge in [-0.2, -0.15) is 0 Å². The molecule has 1 aliphatic heterocycles. The summed E-state index contributed by atoms with van der Waals surface area (Å²) in [5, 5.41) is 0. The van der Waals surface area contributed by atoms with E-state index in [1.165, 1.54) is 11.3 Å². The van der Waals surface area contributed by atoms with Gasteiger partial charge in [0, 0.05) is 17.2 Å². The quantitative estimate of drug-likeness (QED) is 0.659. The first kappa shape index (κ1) is 13.4. The minimum Gasteiger partial charge on any atom is -0.462 e. The molecule has 1 aromatic heterocycles. The van der Waals surface area contributed by atoms with E-state index in [0.29, 0.717) is 23.3 Å². The SMILES string of the molecule is Cc1sc(C(=O)OCCCC2CCCO2)cc1N. The average molecular weight is 269 g/mol. The lowest BCUT2D eigenvalue weighted by Crippen LogP contribution is -2.09. The van der Waals surface area contributed by atoms with Crippen molar-refractivity contribution in [3.63, 3.8) is 0 Å². The van der Waals surface area contributed by atoms with E-state index in [1.807, 2.05) is 6.92 Å². The monoisotopic (exact) mass is 269 g/mol. The summed E-state index contributed by atoms with van der Waals surface area (Å²) in [4.78, 5) is 13.3. The number of carbonyl (C=O) groups is 1. The van der Waals surface area contributed by atoms with Crippen LogP contribution in [0.2, 0.25) is 0 Å². The summed E-state index contributed by atoms with van der Waals surface area (Å²) in [6.45, 7) is 3.22. The second-order valence-electron chi connectivity index (χ2n) is 4.54. The topological polar surface area (TPSA) is 61.5 Å². The normalized spacial score (nSPS) is 19.1. The maximum atomic E-state index is 11.7. The molecule has 0 aromatic carbocycles. The first-order valence-electron chi connectivity index (χ1n) is 6.31. The van der Waals surface area contributed by atoms with E-state index in [-0.39, 0.29) is 5.97 Å². The number of rotatable bonds is 5. The third-order valence-electron chi connectivity index (χ3n) is 3.08. The molecule has 4 nitrogen and oxygen atoms in total. The number of aryl methyl sites for hydroxylation is 1. The number of hydrogen-bond acceptors (Lipinski definition) is 5. The molecule has 1 aliphatic rings. The van der Waals surface area contributed by atoms with Gasteiger partial charge in [-0.05, 0) is 38.7 Å². The molecule has 2 rings (SSSR count). The van der Waals surface area contributed by atoms with Crippen molar-refractivity contribution in [2.75, 3.05) is 18.9 Å². The van der Waals surface area contributed by atoms with E-state index in [9.17, 15) is 4.79 Å². The van der Waals surface area contributed by atoms with Crippen LogP contribution in [-0.2, 0) is 9.47 Å². The molecule has 0 spiro atoms. The zero-order valence-corrected chi connectivity index (χ0v) is 11.4. The van der Waals surface area contributed by atoms with E-state index in [1.54, 1.807) is 6.07 Å². The number of thiophene rings is 1. The number of anilines is 1. The Hall–Kier alpha value is -1.07. The summed E-state index contributed by atoms with van der Waals surface area (Å²) in [5.74, 6) is -0.271. The molecule has 1 saturated heterocycles. The maximum Gasteiger partial charge on any atom is 0.348 e. The standard InChI is InChI=1S/C13H19NO3S/c1-9-11(14)8-12(18-9)13(15)17-7-3-5-10-4-2-6-16-10/h8,10H,2-7,14H2,1H3. The first-order valence-corrected chi connectivity index (χ1v) is 7.13. The minimum atomic E-state index is -0.271. The Morgan fingerprint density at radius 2 is 2.50 bits per heavy atom. The van der Waals surface area contributed by atoms with Crippen LogP contribution in [-0.4, -0.2) is 25.3 Å². The number of carbonyl (C=O) groups excluding carboxylic acids is 1. The van der Waals surface area contributed by atoms with Crippen molar-refractivity contribution in [2.24, 2.45) is 0 Å². The fourth-order valence-corrected chi connectivity index (χ4v) is 2.85. The Labute approximate surface area is 111 Å². The number of hydrogen-bond donors (Lipinski definition) is 1. The fraction of sp³-hybridized carbons (Fsp3) is 0.615. The summed E-state index contributed by atoms with van der Waals surface area (Å²) in [6.07, 6.45) is 4.48. The molecule has 1 aromatic rings. The van der Waals surface area contributed by atoms with Gasteiger partial charge >= 0.3 is 5.97 Å². The van der Waals surface area contributed by atoms with E-state index in [4.69, 9.17) is 15.2 Å². The molecular formula is C13H19NO3S. The number of nitrogens with two attached hydrogens (primary N) is 1. The average Bonchev–Trinajstić information content (AvgIpc) is 2.96. The smallest absolute Gasteiger partial charge is 0.348 e. The maximum absolute atomic E-state index is 11.7. The van der Waals surface area contributed by atoms with E-state index < -0.39 is 0 Å². The Kier molecular flexibility index (Phi) is 4.60. The molecule has 2 heterocycles. The highest BCUT2D eigenvalue weighted by molar-refractivity contribution is 7.14. The summed E-state index contributed by atoms with van der Waals surface area (Å²) in [5.41, 5.74) is 6.36. The number of ether oxygens (including phenoxy) is 2. The molecule has 0 amide bonds. The van der Waals surface area contributed by atoms with Crippen LogP contribution in [0.5, 0.6) is 0 Å². The van der Waals surface area contributed by atoms with Gasteiger partial charge in [0.15, 0.2) is 0 Å². The fourth-order valence-electron chi connectivity index (χ4n) is 2.02. The van der Waals surface area contributed by atoms with Crippen LogP contribution in [0.3, 0.4) is 0 Å². The van der Waals surface area contributed by atoms with Crippen LogP contribution >= 0.6 is 11.3 Å². The molecule has 2 N–H and O–H groups in total. The van der Waals surface area contributed by atoms with Gasteiger partial charge in [0.2, 0.25) is 0 Å². The molecular weight excluding hydrogens is 250 g/mol. The third kappa shape index (κ3) is 3.46. The van der Waals surface area contributed by atoms with Crippen LogP contribution in [0, 0.1) is 6.92 Å². The predicted octanol–water partition coefficient (Wildman–Crippen LogP) is 2.75. The van der Waals surface area contributed by atoms with Crippen molar-refractivity contribution in [3.05, 3.63) is 15.8 Å². The van der Waals surface area contributed by atoms with E-state index >= 15 is 0 Å². The Balaban J connectivity index is 1.68. The lowest BCUT2D eigenvalue weighted by molar-refractivity contribution is 0.0466. The van der Waals surface area contributed by atoms with Gasteiger partial charge in [-0.3, -0.25) is 0 Å². The molecule has 1 atom stereocenters. The number of esters is 1. The Morgan fingerprint density at radius 1 is 1.67 bits per heavy atom. The molecule has 0 radical (unpaired) electrons. The highest BCUT2D eigenvalue weighted by Crippen LogP contribution is 2.24. The van der Waals surface area contributed by atoms with Crippen molar-refractivity contribution in [1.29, 1.82) is 0 Å². The first-order chi connectivity index (χ1) is 8.66. The van der Waals surface area contributed by atoms with E-state index in [2.05, 4.69) is 0 Å². The van der Waals surface area contributed by atoms with Gasteiger partial charge in [-0.15, -0.1) is 11.3 Å². The second-order valence-corrected chi connectivity index (χ2v) is 5.79. The largest absolute Gasteiger partial charge is 0.462 e. The Morgan fingerprint density at radius 3 is 3.11 bits per heavy atom. The summed E-state index contributed by atoms with van der Waals surface area (Å²) < 4.78 is 10.7. The third-order valence-corrected chi connectivity index (χ3v) is 4.13. The number of nitrogen functional groups attached to an aromatic ring is 1.